The molecule has 1 saturated heterocycles. The van der Waals surface area contributed by atoms with Crippen LogP contribution in [0.15, 0.2) is 12.1 Å². The van der Waals surface area contributed by atoms with E-state index >= 15 is 0 Å². The van der Waals surface area contributed by atoms with Crippen molar-refractivity contribution in [2.24, 2.45) is 0 Å². The molecule has 1 aliphatic heterocycles. The molecule has 6 heteroatoms. The van der Waals surface area contributed by atoms with Gasteiger partial charge in [0.05, 0.1) is 11.3 Å². The number of hydrogen-bond donors (Lipinski definition) is 1. The molecule has 2 rings (SSSR count). The number of carbonyl (C=O) groups is 1. The molecule has 0 aliphatic carbocycles. The molecule has 4 nitrogen and oxygen atoms in total. The molecule has 2 N–H and O–H groups in total. The Morgan fingerprint density at radius 3 is 2.40 bits per heavy atom. The molecule has 0 saturated carbocycles. The van der Waals surface area contributed by atoms with Crippen LogP contribution in [-0.2, 0) is 0 Å². The normalized spacial score (nSPS) is 16.8. The van der Waals surface area contributed by atoms with E-state index in [0.717, 1.165) is 18.9 Å². The highest BCUT2D eigenvalue weighted by Gasteiger charge is 2.26. The Morgan fingerprint density at radius 1 is 1.25 bits per heavy atom. The van der Waals surface area contributed by atoms with Crippen LogP contribution in [-0.4, -0.2) is 48.9 Å². The van der Waals surface area contributed by atoms with Gasteiger partial charge in [0.15, 0.2) is 0 Å². The van der Waals surface area contributed by atoms with Gasteiger partial charge in [-0.05, 0) is 33.0 Å². The molecule has 1 aromatic rings. The van der Waals surface area contributed by atoms with Crippen molar-refractivity contribution in [1.29, 1.82) is 0 Å². The third kappa shape index (κ3) is 2.90. The predicted octanol–water partition coefficient (Wildman–Crippen LogP) is 1.71. The van der Waals surface area contributed by atoms with Gasteiger partial charge in [-0.3, -0.25) is 4.79 Å². The van der Waals surface area contributed by atoms with Gasteiger partial charge >= 0.3 is 0 Å². The van der Waals surface area contributed by atoms with Gasteiger partial charge in [0, 0.05) is 25.2 Å². The maximum absolute atomic E-state index is 13.7. The van der Waals surface area contributed by atoms with E-state index < -0.39 is 17.5 Å². The second kappa shape index (κ2) is 5.75. The molecule has 110 valence electrons. The maximum Gasteiger partial charge on any atom is 0.256 e. The van der Waals surface area contributed by atoms with Gasteiger partial charge in [0.25, 0.3) is 5.91 Å². The van der Waals surface area contributed by atoms with Crippen LogP contribution in [0.3, 0.4) is 0 Å². The van der Waals surface area contributed by atoms with Crippen LogP contribution in [0.1, 0.15) is 23.2 Å². The highest BCUT2D eigenvalue weighted by molar-refractivity contribution is 5.95. The zero-order valence-corrected chi connectivity index (χ0v) is 11.7. The van der Waals surface area contributed by atoms with Gasteiger partial charge in [-0.25, -0.2) is 8.78 Å². The minimum Gasteiger partial charge on any atom is -0.396 e. The number of hydrogen-bond acceptors (Lipinski definition) is 3. The lowest BCUT2D eigenvalue weighted by molar-refractivity contribution is 0.0658. The second-order valence-electron chi connectivity index (χ2n) is 5.34. The summed E-state index contributed by atoms with van der Waals surface area (Å²) in [6, 6.07) is 2.17. The number of anilines is 1. The van der Waals surface area contributed by atoms with Crippen molar-refractivity contribution in [1.82, 2.24) is 9.80 Å². The standard InChI is InChI=1S/C14H19F2N3O/c1-18(2)9-3-5-19(6-4-9)14(20)10-7-13(17)12(16)8-11(10)15/h7-9H,3-6,17H2,1-2H3. The minimum atomic E-state index is -0.864. The summed E-state index contributed by atoms with van der Waals surface area (Å²) in [6.45, 7) is 1.14. The summed E-state index contributed by atoms with van der Waals surface area (Å²) in [5, 5.41) is 0. The van der Waals surface area contributed by atoms with Gasteiger partial charge in [0.1, 0.15) is 11.6 Å². The van der Waals surface area contributed by atoms with Crippen LogP contribution < -0.4 is 5.73 Å². The number of amides is 1. The first-order valence-corrected chi connectivity index (χ1v) is 6.60. The number of likely N-dealkylation sites (tertiary alicyclic amines) is 1. The average molecular weight is 283 g/mol. The van der Waals surface area contributed by atoms with E-state index in [4.69, 9.17) is 5.73 Å². The van der Waals surface area contributed by atoms with Gasteiger partial charge in [-0.2, -0.15) is 0 Å². The monoisotopic (exact) mass is 283 g/mol. The zero-order valence-electron chi connectivity index (χ0n) is 11.7. The molecule has 0 radical (unpaired) electrons. The van der Waals surface area contributed by atoms with E-state index in [-0.39, 0.29) is 11.3 Å². The summed E-state index contributed by atoms with van der Waals surface area (Å²) in [4.78, 5) is 16.0. The summed E-state index contributed by atoms with van der Waals surface area (Å²) < 4.78 is 26.8. The largest absolute Gasteiger partial charge is 0.396 e. The molecular weight excluding hydrogens is 264 g/mol. The number of nitrogen functional groups attached to an aromatic ring is 1. The molecule has 0 spiro atoms. The summed E-state index contributed by atoms with van der Waals surface area (Å²) in [5.41, 5.74) is 5.03. The van der Waals surface area contributed by atoms with Crippen LogP contribution in [0.5, 0.6) is 0 Å². The third-order valence-electron chi connectivity index (χ3n) is 3.80. The Hall–Kier alpha value is -1.69. The summed E-state index contributed by atoms with van der Waals surface area (Å²) in [5.74, 6) is -2.13. The first-order chi connectivity index (χ1) is 9.40. The molecule has 1 fully saturated rings. The van der Waals surface area contributed by atoms with Crippen LogP contribution in [0.25, 0.3) is 0 Å². The van der Waals surface area contributed by atoms with Crippen LogP contribution in [0.2, 0.25) is 0 Å². The van der Waals surface area contributed by atoms with Gasteiger partial charge in [0.2, 0.25) is 0 Å². The Bertz CT molecular complexity index is 511. The highest BCUT2D eigenvalue weighted by Crippen LogP contribution is 2.21. The lowest BCUT2D eigenvalue weighted by atomic mass is 10.0. The van der Waals surface area contributed by atoms with Crippen molar-refractivity contribution >= 4 is 11.6 Å². The predicted molar refractivity (Wildman–Crippen MR) is 73.4 cm³/mol. The van der Waals surface area contributed by atoms with Crippen LogP contribution in [0.4, 0.5) is 14.5 Å². The lowest BCUT2D eigenvalue weighted by Gasteiger charge is -2.35. The maximum atomic E-state index is 13.7. The molecule has 1 heterocycles. The Balaban J connectivity index is 2.11. The Morgan fingerprint density at radius 2 is 1.85 bits per heavy atom. The molecule has 0 unspecified atom stereocenters. The third-order valence-corrected chi connectivity index (χ3v) is 3.80. The first kappa shape index (κ1) is 14.7. The van der Waals surface area contributed by atoms with E-state index in [1.54, 1.807) is 4.90 Å². The molecule has 0 bridgehead atoms. The fourth-order valence-electron chi connectivity index (χ4n) is 2.49. The van der Waals surface area contributed by atoms with E-state index in [0.29, 0.717) is 25.2 Å². The first-order valence-electron chi connectivity index (χ1n) is 6.60. The van der Waals surface area contributed by atoms with Crippen molar-refractivity contribution in [3.8, 4) is 0 Å². The number of carbonyl (C=O) groups excluding carboxylic acids is 1. The van der Waals surface area contributed by atoms with E-state index in [2.05, 4.69) is 4.90 Å². The fraction of sp³-hybridized carbons (Fsp3) is 0.500. The van der Waals surface area contributed by atoms with E-state index in [9.17, 15) is 13.6 Å². The molecule has 0 aromatic heterocycles. The summed E-state index contributed by atoms with van der Waals surface area (Å²) in [7, 11) is 4.00. The molecular formula is C14H19F2N3O. The van der Waals surface area contributed by atoms with Crippen molar-refractivity contribution in [2.45, 2.75) is 18.9 Å². The SMILES string of the molecule is CN(C)C1CCN(C(=O)c2cc(N)c(F)cc2F)CC1. The molecule has 20 heavy (non-hydrogen) atoms. The topological polar surface area (TPSA) is 49.6 Å². The summed E-state index contributed by atoms with van der Waals surface area (Å²) in [6.07, 6.45) is 1.69. The number of benzene rings is 1. The molecule has 1 aliphatic rings. The van der Waals surface area contributed by atoms with E-state index in [1.165, 1.54) is 0 Å². The van der Waals surface area contributed by atoms with Crippen LogP contribution >= 0.6 is 0 Å². The molecule has 1 amide bonds. The van der Waals surface area contributed by atoms with Crippen molar-refractivity contribution in [3.05, 3.63) is 29.3 Å². The number of rotatable bonds is 2. The van der Waals surface area contributed by atoms with Crippen molar-refractivity contribution in [3.63, 3.8) is 0 Å². The second-order valence-corrected chi connectivity index (χ2v) is 5.34. The van der Waals surface area contributed by atoms with Crippen LogP contribution in [0, 0.1) is 11.6 Å². The number of piperidine rings is 1. The zero-order chi connectivity index (χ0) is 14.9. The van der Waals surface area contributed by atoms with Gasteiger partial charge < -0.3 is 15.5 Å². The molecule has 1 aromatic carbocycles. The Labute approximate surface area is 117 Å². The summed E-state index contributed by atoms with van der Waals surface area (Å²) >= 11 is 0. The fourth-order valence-corrected chi connectivity index (χ4v) is 2.49. The van der Waals surface area contributed by atoms with Gasteiger partial charge in [-0.1, -0.05) is 0 Å². The Kier molecular flexibility index (Phi) is 4.23. The van der Waals surface area contributed by atoms with Gasteiger partial charge in [-0.15, -0.1) is 0 Å². The smallest absolute Gasteiger partial charge is 0.256 e. The number of nitrogens with zero attached hydrogens (tertiary/aromatic N) is 2. The molecule has 0 atom stereocenters. The minimum absolute atomic E-state index is 0.160. The quantitative estimate of drug-likeness (QED) is 0.841. The number of nitrogens with two attached hydrogens (primary N) is 1. The number of halogens is 2. The van der Waals surface area contributed by atoms with E-state index in [1.807, 2.05) is 14.1 Å². The lowest BCUT2D eigenvalue weighted by Crippen LogP contribution is -2.44. The average Bonchev–Trinajstić information content (AvgIpc) is 2.42. The van der Waals surface area contributed by atoms with Crippen molar-refractivity contribution in [2.75, 3.05) is 32.9 Å². The van der Waals surface area contributed by atoms with Crippen molar-refractivity contribution < 1.29 is 13.6 Å². The highest BCUT2D eigenvalue weighted by atomic mass is 19.1.